The normalized spacial score (nSPS) is 16.7. The van der Waals surface area contributed by atoms with Crippen molar-refractivity contribution in [2.75, 3.05) is 6.61 Å². The van der Waals surface area contributed by atoms with Crippen molar-refractivity contribution in [2.45, 2.75) is 77.3 Å². The van der Waals surface area contributed by atoms with Gasteiger partial charge >= 0.3 is 12.1 Å². The number of unbranched alkanes of at least 4 members (excludes halogenated alkanes) is 1. The third-order valence-electron chi connectivity index (χ3n) is 3.19. The number of ether oxygens (including phenoxy) is 1. The molecule has 0 unspecified atom stereocenters. The van der Waals surface area contributed by atoms with Gasteiger partial charge in [-0.15, -0.1) is 0 Å². The minimum absolute atomic E-state index is 0.0173. The summed E-state index contributed by atoms with van der Waals surface area (Å²) in [6.07, 6.45) is -2.90. The van der Waals surface area contributed by atoms with Crippen molar-refractivity contribution in [1.29, 1.82) is 0 Å². The molecule has 0 saturated carbocycles. The molecule has 0 rings (SSSR count). The van der Waals surface area contributed by atoms with E-state index in [-0.39, 0.29) is 13.0 Å². The molecule has 0 spiro atoms. The van der Waals surface area contributed by atoms with Crippen molar-refractivity contribution in [3.8, 4) is 0 Å². The SMILES string of the molecule is CCCCOC(=O)[C@@H](CCC)[C@H](N[S@@](=O)C(C)(C)C)C(F)(F)F. The van der Waals surface area contributed by atoms with Crippen molar-refractivity contribution >= 4 is 17.0 Å². The Morgan fingerprint density at radius 2 is 1.74 bits per heavy atom. The van der Waals surface area contributed by atoms with Crippen molar-refractivity contribution in [1.82, 2.24) is 4.72 Å². The lowest BCUT2D eigenvalue weighted by molar-refractivity contribution is -0.179. The predicted molar refractivity (Wildman–Crippen MR) is 85.1 cm³/mol. The monoisotopic (exact) mass is 359 g/mol. The van der Waals surface area contributed by atoms with E-state index >= 15 is 0 Å². The zero-order chi connectivity index (χ0) is 18.3. The summed E-state index contributed by atoms with van der Waals surface area (Å²) in [5.74, 6) is -2.29. The van der Waals surface area contributed by atoms with Gasteiger partial charge in [0.2, 0.25) is 0 Å². The van der Waals surface area contributed by atoms with E-state index in [1.54, 1.807) is 27.7 Å². The van der Waals surface area contributed by atoms with E-state index in [1.807, 2.05) is 6.92 Å². The van der Waals surface area contributed by atoms with Crippen LogP contribution < -0.4 is 4.72 Å². The first kappa shape index (κ1) is 22.4. The first-order valence-corrected chi connectivity index (χ1v) is 9.01. The van der Waals surface area contributed by atoms with Crippen LogP contribution in [0.2, 0.25) is 0 Å². The predicted octanol–water partition coefficient (Wildman–Crippen LogP) is 3.73. The molecule has 8 heteroatoms. The number of carbonyl (C=O) groups is 1. The average molecular weight is 359 g/mol. The zero-order valence-electron chi connectivity index (χ0n) is 14.5. The Morgan fingerprint density at radius 3 is 2.13 bits per heavy atom. The summed E-state index contributed by atoms with van der Waals surface area (Å²) in [4.78, 5) is 12.1. The molecular formula is C15H28F3NO3S. The molecule has 0 aliphatic carbocycles. The second kappa shape index (κ2) is 9.61. The van der Waals surface area contributed by atoms with Crippen LogP contribution in [0.5, 0.6) is 0 Å². The molecular weight excluding hydrogens is 331 g/mol. The lowest BCUT2D eigenvalue weighted by Crippen LogP contribution is -2.53. The van der Waals surface area contributed by atoms with E-state index < -0.39 is 39.8 Å². The summed E-state index contributed by atoms with van der Waals surface area (Å²) < 4.78 is 58.4. The number of hydrogen-bond donors (Lipinski definition) is 1. The van der Waals surface area contributed by atoms with Gasteiger partial charge in [-0.1, -0.05) is 26.7 Å². The van der Waals surface area contributed by atoms with Crippen molar-refractivity contribution in [3.63, 3.8) is 0 Å². The fourth-order valence-electron chi connectivity index (χ4n) is 1.82. The molecule has 0 aromatic rings. The van der Waals surface area contributed by atoms with E-state index in [1.165, 1.54) is 0 Å². The molecule has 138 valence electrons. The van der Waals surface area contributed by atoms with Crippen molar-refractivity contribution < 1.29 is 26.9 Å². The number of nitrogens with one attached hydrogen (secondary N) is 1. The van der Waals surface area contributed by atoms with Crippen LogP contribution in [0, 0.1) is 5.92 Å². The van der Waals surface area contributed by atoms with Crippen LogP contribution in [0.3, 0.4) is 0 Å². The average Bonchev–Trinajstić information content (AvgIpc) is 2.40. The molecule has 0 heterocycles. The van der Waals surface area contributed by atoms with Gasteiger partial charge in [-0.2, -0.15) is 13.2 Å². The van der Waals surface area contributed by atoms with Crippen LogP contribution in [0.25, 0.3) is 0 Å². The molecule has 3 atom stereocenters. The van der Waals surface area contributed by atoms with Gasteiger partial charge in [-0.3, -0.25) is 4.79 Å². The van der Waals surface area contributed by atoms with Crippen molar-refractivity contribution in [3.05, 3.63) is 0 Å². The molecule has 0 aliphatic heterocycles. The highest BCUT2D eigenvalue weighted by molar-refractivity contribution is 7.84. The Hall–Kier alpha value is -0.630. The topological polar surface area (TPSA) is 55.4 Å². The first-order valence-electron chi connectivity index (χ1n) is 7.86. The number of halogens is 3. The molecule has 0 aliphatic rings. The van der Waals surface area contributed by atoms with Gasteiger partial charge in [-0.25, -0.2) is 8.93 Å². The Labute approximate surface area is 139 Å². The van der Waals surface area contributed by atoms with Crippen LogP contribution in [-0.4, -0.2) is 33.8 Å². The van der Waals surface area contributed by atoms with Gasteiger partial charge in [0.25, 0.3) is 0 Å². The number of esters is 1. The second-order valence-electron chi connectivity index (χ2n) is 6.43. The van der Waals surface area contributed by atoms with E-state index in [0.717, 1.165) is 6.42 Å². The number of carbonyl (C=O) groups excluding carboxylic acids is 1. The smallest absolute Gasteiger partial charge is 0.405 e. The number of alkyl halides is 3. The molecule has 0 fully saturated rings. The van der Waals surface area contributed by atoms with Gasteiger partial charge in [0.1, 0.15) is 6.04 Å². The largest absolute Gasteiger partial charge is 0.465 e. The van der Waals surface area contributed by atoms with Gasteiger partial charge < -0.3 is 4.74 Å². The van der Waals surface area contributed by atoms with E-state index in [2.05, 4.69) is 4.72 Å². The van der Waals surface area contributed by atoms with Crippen LogP contribution >= 0.6 is 0 Å². The lowest BCUT2D eigenvalue weighted by atomic mass is 9.95. The molecule has 0 aromatic heterocycles. The fraction of sp³-hybridized carbons (Fsp3) is 0.933. The zero-order valence-corrected chi connectivity index (χ0v) is 15.3. The minimum atomic E-state index is -4.69. The molecule has 0 saturated heterocycles. The minimum Gasteiger partial charge on any atom is -0.465 e. The Bertz CT molecular complexity index is 394. The molecule has 0 bridgehead atoms. The maximum atomic E-state index is 13.4. The van der Waals surface area contributed by atoms with Gasteiger partial charge in [0, 0.05) is 0 Å². The van der Waals surface area contributed by atoms with Crippen LogP contribution in [0.1, 0.15) is 60.3 Å². The number of hydrogen-bond acceptors (Lipinski definition) is 3. The highest BCUT2D eigenvalue weighted by Gasteiger charge is 2.49. The lowest BCUT2D eigenvalue weighted by Gasteiger charge is -2.30. The summed E-state index contributed by atoms with van der Waals surface area (Å²) in [6, 6.07) is -2.18. The van der Waals surface area contributed by atoms with Crippen LogP contribution in [0.4, 0.5) is 13.2 Å². The maximum absolute atomic E-state index is 13.4. The fourth-order valence-corrected chi connectivity index (χ4v) is 2.71. The van der Waals surface area contributed by atoms with Crippen LogP contribution in [0.15, 0.2) is 0 Å². The Balaban J connectivity index is 5.27. The maximum Gasteiger partial charge on any atom is 0.405 e. The molecule has 1 N–H and O–H groups in total. The molecule has 4 nitrogen and oxygen atoms in total. The third kappa shape index (κ3) is 8.15. The van der Waals surface area contributed by atoms with Gasteiger partial charge in [0.15, 0.2) is 0 Å². The highest BCUT2D eigenvalue weighted by atomic mass is 32.2. The second-order valence-corrected chi connectivity index (χ2v) is 8.43. The summed E-state index contributed by atoms with van der Waals surface area (Å²) in [7, 11) is -1.94. The summed E-state index contributed by atoms with van der Waals surface area (Å²) in [6.45, 7) is 8.39. The quantitative estimate of drug-likeness (QED) is 0.504. The number of rotatable bonds is 9. The third-order valence-corrected chi connectivity index (χ3v) is 4.77. The molecule has 23 heavy (non-hydrogen) atoms. The molecule has 0 amide bonds. The van der Waals surface area contributed by atoms with E-state index in [0.29, 0.717) is 12.8 Å². The van der Waals surface area contributed by atoms with E-state index in [4.69, 9.17) is 4.74 Å². The Kier molecular flexibility index (Phi) is 9.35. The standard InChI is InChI=1S/C15H28F3NO3S/c1-6-8-10-22-13(20)11(9-7-2)12(15(16,17)18)19-23(21)14(3,4)5/h11-12,19H,6-10H2,1-5H3/t11-,12-,23-/m0/s1. The van der Waals surface area contributed by atoms with Crippen molar-refractivity contribution in [2.24, 2.45) is 5.92 Å². The summed E-state index contributed by atoms with van der Waals surface area (Å²) in [5.41, 5.74) is 0. The van der Waals surface area contributed by atoms with Gasteiger partial charge in [-0.05, 0) is 33.6 Å². The molecule has 0 aromatic carbocycles. The highest BCUT2D eigenvalue weighted by Crippen LogP contribution is 2.30. The summed E-state index contributed by atoms with van der Waals surface area (Å²) in [5, 5.41) is 0. The van der Waals surface area contributed by atoms with Gasteiger partial charge in [0.05, 0.1) is 28.3 Å². The summed E-state index contributed by atoms with van der Waals surface area (Å²) >= 11 is 0. The Morgan fingerprint density at radius 1 is 1.17 bits per heavy atom. The van der Waals surface area contributed by atoms with Crippen LogP contribution in [-0.2, 0) is 20.5 Å². The molecule has 0 radical (unpaired) electrons. The first-order chi connectivity index (χ1) is 10.4. The van der Waals surface area contributed by atoms with E-state index in [9.17, 15) is 22.2 Å².